The lowest BCUT2D eigenvalue weighted by atomic mass is 10.2. The van der Waals surface area contributed by atoms with E-state index in [2.05, 4.69) is 12.1 Å². The molecule has 1 aromatic carbocycles. The van der Waals surface area contributed by atoms with Crippen LogP contribution in [-0.2, 0) is 17.2 Å². The fourth-order valence-electron chi connectivity index (χ4n) is 1.16. The van der Waals surface area contributed by atoms with Gasteiger partial charge in [0, 0.05) is 21.3 Å². The molecule has 1 rings (SSSR count). The van der Waals surface area contributed by atoms with Crippen molar-refractivity contribution in [2.45, 2.75) is 31.9 Å². The van der Waals surface area contributed by atoms with E-state index in [9.17, 15) is 4.21 Å². The lowest BCUT2D eigenvalue weighted by molar-refractivity contribution is 0.648. The molecule has 0 saturated heterocycles. The summed E-state index contributed by atoms with van der Waals surface area (Å²) in [7, 11) is -0.738. The Balaban J connectivity index is 2.46. The maximum absolute atomic E-state index is 11.7. The van der Waals surface area contributed by atoms with E-state index in [0.717, 1.165) is 12.2 Å². The van der Waals surface area contributed by atoms with Gasteiger partial charge in [-0.05, 0) is 32.8 Å². The fraction of sp³-hybridized carbons (Fsp3) is 0.500. The van der Waals surface area contributed by atoms with Crippen LogP contribution in [0.1, 0.15) is 26.3 Å². The predicted molar refractivity (Wildman–Crippen MR) is 62.9 cm³/mol. The molecule has 0 aromatic heterocycles. The van der Waals surface area contributed by atoms with Crippen molar-refractivity contribution < 1.29 is 4.21 Å². The molecule has 0 aliphatic heterocycles. The molecular formula is C12H18OS. The van der Waals surface area contributed by atoms with Crippen molar-refractivity contribution >= 4 is 10.8 Å². The van der Waals surface area contributed by atoms with Crippen molar-refractivity contribution in [3.8, 4) is 0 Å². The third-order valence-electron chi connectivity index (χ3n) is 2.10. The van der Waals surface area contributed by atoms with Crippen molar-refractivity contribution in [2.24, 2.45) is 0 Å². The first kappa shape index (κ1) is 11.4. The van der Waals surface area contributed by atoms with E-state index in [1.54, 1.807) is 0 Å². The molecular weight excluding hydrogens is 192 g/mol. The highest BCUT2D eigenvalue weighted by Crippen LogP contribution is 2.12. The summed E-state index contributed by atoms with van der Waals surface area (Å²) in [5, 5.41) is 0. The van der Waals surface area contributed by atoms with E-state index in [0.29, 0.717) is 0 Å². The molecule has 0 saturated carbocycles. The van der Waals surface area contributed by atoms with Gasteiger partial charge in [0.15, 0.2) is 0 Å². The Hall–Kier alpha value is -0.630. The number of aryl methyl sites for hydroxylation is 1. The van der Waals surface area contributed by atoms with Crippen molar-refractivity contribution in [1.82, 2.24) is 0 Å². The second-order valence-corrected chi connectivity index (χ2v) is 6.72. The molecule has 78 valence electrons. The first-order valence-corrected chi connectivity index (χ1v) is 6.24. The Bertz CT molecular complexity index is 298. The molecule has 0 radical (unpaired) electrons. The number of hydrogen-bond donors (Lipinski definition) is 0. The molecule has 14 heavy (non-hydrogen) atoms. The summed E-state index contributed by atoms with van der Waals surface area (Å²) in [6, 6.07) is 10.2. The summed E-state index contributed by atoms with van der Waals surface area (Å²) in [4.78, 5) is 0. The second-order valence-electron chi connectivity index (χ2n) is 4.40. The van der Waals surface area contributed by atoms with Gasteiger partial charge in [-0.25, -0.2) is 0 Å². The van der Waals surface area contributed by atoms with Crippen molar-refractivity contribution in [3.05, 3.63) is 35.9 Å². The summed E-state index contributed by atoms with van der Waals surface area (Å²) in [6.45, 7) is 6.07. The molecule has 2 heteroatoms. The summed E-state index contributed by atoms with van der Waals surface area (Å²) < 4.78 is 11.7. The summed E-state index contributed by atoms with van der Waals surface area (Å²) in [5.41, 5.74) is 1.27. The second kappa shape index (κ2) is 4.74. The highest BCUT2D eigenvalue weighted by molar-refractivity contribution is 7.86. The molecule has 0 heterocycles. The van der Waals surface area contributed by atoms with Crippen LogP contribution in [0.2, 0.25) is 0 Å². The fourth-order valence-corrected chi connectivity index (χ4v) is 2.19. The molecule has 0 spiro atoms. The van der Waals surface area contributed by atoms with E-state index in [-0.39, 0.29) is 4.75 Å². The van der Waals surface area contributed by atoms with Crippen LogP contribution in [0.25, 0.3) is 0 Å². The quantitative estimate of drug-likeness (QED) is 0.749. The normalized spacial score (nSPS) is 13.9. The van der Waals surface area contributed by atoms with Gasteiger partial charge in [-0.15, -0.1) is 0 Å². The number of hydrogen-bond acceptors (Lipinski definition) is 1. The molecule has 1 nitrogen and oxygen atoms in total. The molecule has 1 atom stereocenters. The minimum atomic E-state index is -0.738. The Morgan fingerprint density at radius 1 is 1.14 bits per heavy atom. The largest absolute Gasteiger partial charge is 0.259 e. The summed E-state index contributed by atoms with van der Waals surface area (Å²) >= 11 is 0. The van der Waals surface area contributed by atoms with Crippen LogP contribution in [0, 0.1) is 0 Å². The summed E-state index contributed by atoms with van der Waals surface area (Å²) in [5.74, 6) is 0.757. The van der Waals surface area contributed by atoms with Gasteiger partial charge in [-0.1, -0.05) is 30.3 Å². The smallest absolute Gasteiger partial charge is 0.0375 e. The average Bonchev–Trinajstić information content (AvgIpc) is 2.14. The monoisotopic (exact) mass is 210 g/mol. The van der Waals surface area contributed by atoms with Crippen LogP contribution >= 0.6 is 0 Å². The topological polar surface area (TPSA) is 17.1 Å². The predicted octanol–water partition coefficient (Wildman–Crippen LogP) is 2.78. The van der Waals surface area contributed by atoms with Gasteiger partial charge in [0.2, 0.25) is 0 Å². The zero-order chi connectivity index (χ0) is 10.6. The molecule has 0 N–H and O–H groups in total. The van der Waals surface area contributed by atoms with Crippen LogP contribution in [0.15, 0.2) is 30.3 Å². The molecule has 1 unspecified atom stereocenters. The Morgan fingerprint density at radius 2 is 1.71 bits per heavy atom. The van der Waals surface area contributed by atoms with Crippen LogP contribution < -0.4 is 0 Å². The van der Waals surface area contributed by atoms with Crippen LogP contribution in [-0.4, -0.2) is 14.7 Å². The van der Waals surface area contributed by atoms with E-state index in [4.69, 9.17) is 0 Å². The summed E-state index contributed by atoms with van der Waals surface area (Å²) in [6.07, 6.45) is 0.907. The maximum atomic E-state index is 11.7. The zero-order valence-electron chi connectivity index (χ0n) is 9.12. The number of benzene rings is 1. The van der Waals surface area contributed by atoms with Gasteiger partial charge in [0.25, 0.3) is 0 Å². The highest BCUT2D eigenvalue weighted by Gasteiger charge is 2.18. The van der Waals surface area contributed by atoms with Crippen molar-refractivity contribution in [2.75, 3.05) is 5.75 Å². The molecule has 0 bridgehead atoms. The molecule has 0 aliphatic carbocycles. The minimum Gasteiger partial charge on any atom is -0.259 e. The SMILES string of the molecule is CC(C)(C)S(=O)CCc1ccccc1. The molecule has 0 aliphatic rings. The third kappa shape index (κ3) is 3.62. The Labute approximate surface area is 89.0 Å². The average molecular weight is 210 g/mol. The lowest BCUT2D eigenvalue weighted by Gasteiger charge is -2.17. The van der Waals surface area contributed by atoms with E-state index >= 15 is 0 Å². The van der Waals surface area contributed by atoms with E-state index in [1.807, 2.05) is 39.0 Å². The van der Waals surface area contributed by atoms with E-state index < -0.39 is 10.8 Å². The van der Waals surface area contributed by atoms with Gasteiger partial charge in [-0.3, -0.25) is 4.21 Å². The Kier molecular flexibility index (Phi) is 3.87. The van der Waals surface area contributed by atoms with Crippen LogP contribution in [0.5, 0.6) is 0 Å². The maximum Gasteiger partial charge on any atom is 0.0375 e. The first-order valence-electron chi connectivity index (χ1n) is 4.92. The van der Waals surface area contributed by atoms with Gasteiger partial charge in [-0.2, -0.15) is 0 Å². The number of rotatable bonds is 3. The van der Waals surface area contributed by atoms with Crippen LogP contribution in [0.3, 0.4) is 0 Å². The standard InChI is InChI=1S/C12H18OS/c1-12(2,3)14(13)10-9-11-7-5-4-6-8-11/h4-8H,9-10H2,1-3H3. The molecule has 0 amide bonds. The molecule has 0 fully saturated rings. The van der Waals surface area contributed by atoms with Gasteiger partial charge in [0.1, 0.15) is 0 Å². The van der Waals surface area contributed by atoms with Gasteiger partial charge in [0.05, 0.1) is 0 Å². The van der Waals surface area contributed by atoms with Gasteiger partial charge < -0.3 is 0 Å². The minimum absolute atomic E-state index is 0.0885. The highest BCUT2D eigenvalue weighted by atomic mass is 32.2. The zero-order valence-corrected chi connectivity index (χ0v) is 9.93. The van der Waals surface area contributed by atoms with E-state index in [1.165, 1.54) is 5.56 Å². The third-order valence-corrected chi connectivity index (χ3v) is 4.04. The van der Waals surface area contributed by atoms with Crippen LogP contribution in [0.4, 0.5) is 0 Å². The van der Waals surface area contributed by atoms with Gasteiger partial charge >= 0.3 is 0 Å². The lowest BCUT2D eigenvalue weighted by Crippen LogP contribution is -2.24. The first-order chi connectivity index (χ1) is 6.50. The van der Waals surface area contributed by atoms with Crippen molar-refractivity contribution in [3.63, 3.8) is 0 Å². The Morgan fingerprint density at radius 3 is 2.21 bits per heavy atom. The molecule has 1 aromatic rings. The van der Waals surface area contributed by atoms with Crippen molar-refractivity contribution in [1.29, 1.82) is 0 Å².